The first-order valence-corrected chi connectivity index (χ1v) is 10.9. The second-order valence-electron chi connectivity index (χ2n) is 6.95. The molecule has 1 aliphatic heterocycles. The normalized spacial score (nSPS) is 18.3. The minimum absolute atomic E-state index is 0.0311. The second-order valence-corrected chi connectivity index (χ2v) is 9.17. The van der Waals surface area contributed by atoms with Crippen molar-refractivity contribution in [2.75, 3.05) is 28.3 Å². The van der Waals surface area contributed by atoms with Crippen LogP contribution in [0.2, 0.25) is 0 Å². The predicted octanol–water partition coefficient (Wildman–Crippen LogP) is 2.96. The van der Waals surface area contributed by atoms with Gasteiger partial charge < -0.3 is 10.2 Å². The molecule has 1 saturated heterocycles. The van der Waals surface area contributed by atoms with E-state index in [0.717, 1.165) is 22.5 Å². The molecule has 3 rings (SSSR count). The van der Waals surface area contributed by atoms with Gasteiger partial charge >= 0.3 is 0 Å². The van der Waals surface area contributed by atoms with Gasteiger partial charge in [-0.1, -0.05) is 12.1 Å². The number of pyridine rings is 1. The Kier molecular flexibility index (Phi) is 5.51. The van der Waals surface area contributed by atoms with E-state index >= 15 is 0 Å². The number of carbonyl (C=O) groups excluding carboxylic acids is 1. The largest absolute Gasteiger partial charge is 0.367 e. The maximum absolute atomic E-state index is 12.5. The van der Waals surface area contributed by atoms with Gasteiger partial charge in [0.05, 0.1) is 23.4 Å². The van der Waals surface area contributed by atoms with Gasteiger partial charge in [-0.15, -0.1) is 0 Å². The molecule has 2 aromatic rings. The van der Waals surface area contributed by atoms with Crippen LogP contribution >= 0.6 is 0 Å². The molecule has 1 amide bonds. The maximum atomic E-state index is 12.5. The SMILES string of the molecule is CCN(c1ccc(C(=O)Nc2cccc(C)c2C)nc1)C1CCS(=O)(=O)C1. The number of carbonyl (C=O) groups is 1. The van der Waals surface area contributed by atoms with E-state index in [2.05, 4.69) is 10.3 Å². The molecule has 6 nitrogen and oxygen atoms in total. The first-order chi connectivity index (χ1) is 12.8. The van der Waals surface area contributed by atoms with Crippen LogP contribution in [-0.2, 0) is 9.84 Å². The Morgan fingerprint density at radius 3 is 2.63 bits per heavy atom. The standard InChI is InChI=1S/C20H25N3O3S/c1-4-23(17-10-11-27(25,26)13-17)16-8-9-19(21-12-16)20(24)22-18-7-5-6-14(2)15(18)3/h5-9,12,17H,4,10-11,13H2,1-3H3,(H,22,24). The molecule has 1 aromatic carbocycles. The van der Waals surface area contributed by atoms with Crippen LogP contribution in [0, 0.1) is 13.8 Å². The van der Waals surface area contributed by atoms with E-state index in [4.69, 9.17) is 0 Å². The summed E-state index contributed by atoms with van der Waals surface area (Å²) in [7, 11) is -2.95. The zero-order chi connectivity index (χ0) is 19.6. The van der Waals surface area contributed by atoms with Crippen molar-refractivity contribution in [1.29, 1.82) is 0 Å². The smallest absolute Gasteiger partial charge is 0.274 e. The highest BCUT2D eigenvalue weighted by Crippen LogP contribution is 2.24. The molecule has 0 spiro atoms. The van der Waals surface area contributed by atoms with Crippen LogP contribution in [0.3, 0.4) is 0 Å². The number of nitrogens with one attached hydrogen (secondary N) is 1. The summed E-state index contributed by atoms with van der Waals surface area (Å²) >= 11 is 0. The molecular formula is C20H25N3O3S. The molecule has 1 unspecified atom stereocenters. The topological polar surface area (TPSA) is 79.4 Å². The van der Waals surface area contributed by atoms with Gasteiger partial charge in [-0.2, -0.15) is 0 Å². The third kappa shape index (κ3) is 4.30. The monoisotopic (exact) mass is 387 g/mol. The summed E-state index contributed by atoms with van der Waals surface area (Å²) in [5, 5.41) is 2.90. The molecule has 0 radical (unpaired) electrons. The van der Waals surface area contributed by atoms with E-state index in [1.54, 1.807) is 12.3 Å². The third-order valence-electron chi connectivity index (χ3n) is 5.15. The van der Waals surface area contributed by atoms with Gasteiger partial charge in [0.2, 0.25) is 0 Å². The summed E-state index contributed by atoms with van der Waals surface area (Å²) in [6, 6.07) is 9.26. The lowest BCUT2D eigenvalue weighted by atomic mass is 10.1. The fourth-order valence-corrected chi connectivity index (χ4v) is 5.17. The van der Waals surface area contributed by atoms with Gasteiger partial charge in [0.1, 0.15) is 5.69 Å². The lowest BCUT2D eigenvalue weighted by Crippen LogP contribution is -2.36. The lowest BCUT2D eigenvalue weighted by Gasteiger charge is -2.28. The Labute approximate surface area is 160 Å². The van der Waals surface area contributed by atoms with Crippen molar-refractivity contribution in [1.82, 2.24) is 4.98 Å². The highest BCUT2D eigenvalue weighted by atomic mass is 32.2. The number of anilines is 2. The molecule has 144 valence electrons. The second kappa shape index (κ2) is 7.68. The molecule has 2 heterocycles. The number of aromatic nitrogens is 1. The fourth-order valence-electron chi connectivity index (χ4n) is 3.44. The van der Waals surface area contributed by atoms with E-state index in [9.17, 15) is 13.2 Å². The quantitative estimate of drug-likeness (QED) is 0.853. The van der Waals surface area contributed by atoms with Crippen LogP contribution in [-0.4, -0.2) is 43.4 Å². The first kappa shape index (κ1) is 19.4. The van der Waals surface area contributed by atoms with Crippen LogP contribution in [0.25, 0.3) is 0 Å². The zero-order valence-corrected chi connectivity index (χ0v) is 16.7. The van der Waals surface area contributed by atoms with Crippen molar-refractivity contribution in [3.05, 3.63) is 53.3 Å². The molecule has 0 saturated carbocycles. The van der Waals surface area contributed by atoms with Gasteiger partial charge in [-0.05, 0) is 56.5 Å². The summed E-state index contributed by atoms with van der Waals surface area (Å²) in [4.78, 5) is 18.8. The maximum Gasteiger partial charge on any atom is 0.274 e. The van der Waals surface area contributed by atoms with Gasteiger partial charge in [-0.25, -0.2) is 13.4 Å². The van der Waals surface area contributed by atoms with Gasteiger partial charge in [0, 0.05) is 18.3 Å². The van der Waals surface area contributed by atoms with Gasteiger partial charge in [0.15, 0.2) is 9.84 Å². The zero-order valence-electron chi connectivity index (χ0n) is 15.9. The molecule has 0 bridgehead atoms. The molecular weight excluding hydrogens is 362 g/mol. The van der Waals surface area contributed by atoms with Crippen LogP contribution in [0.1, 0.15) is 35.0 Å². The highest BCUT2D eigenvalue weighted by molar-refractivity contribution is 7.91. The summed E-state index contributed by atoms with van der Waals surface area (Å²) in [6.07, 6.45) is 2.28. The van der Waals surface area contributed by atoms with E-state index < -0.39 is 9.84 Å². The molecule has 1 atom stereocenters. The third-order valence-corrected chi connectivity index (χ3v) is 6.91. The van der Waals surface area contributed by atoms with Crippen molar-refractivity contribution in [2.45, 2.75) is 33.2 Å². The highest BCUT2D eigenvalue weighted by Gasteiger charge is 2.32. The average Bonchev–Trinajstić information content (AvgIpc) is 2.99. The number of hydrogen-bond donors (Lipinski definition) is 1. The molecule has 1 aliphatic rings. The van der Waals surface area contributed by atoms with E-state index in [-0.39, 0.29) is 23.5 Å². The summed E-state index contributed by atoms with van der Waals surface area (Å²) in [6.45, 7) is 6.65. The molecule has 1 aromatic heterocycles. The Bertz CT molecular complexity index is 939. The van der Waals surface area contributed by atoms with Crippen molar-refractivity contribution in [3.63, 3.8) is 0 Å². The van der Waals surface area contributed by atoms with Crippen molar-refractivity contribution < 1.29 is 13.2 Å². The van der Waals surface area contributed by atoms with Gasteiger partial charge in [-0.3, -0.25) is 4.79 Å². The summed E-state index contributed by atoms with van der Waals surface area (Å²) in [5.74, 6) is 0.148. The molecule has 1 N–H and O–H groups in total. The van der Waals surface area contributed by atoms with Crippen molar-refractivity contribution in [3.8, 4) is 0 Å². The Balaban J connectivity index is 1.74. The number of rotatable bonds is 5. The average molecular weight is 388 g/mol. The summed E-state index contributed by atoms with van der Waals surface area (Å²) in [5.41, 5.74) is 4.08. The van der Waals surface area contributed by atoms with Crippen LogP contribution < -0.4 is 10.2 Å². The Morgan fingerprint density at radius 1 is 1.26 bits per heavy atom. The van der Waals surface area contributed by atoms with E-state index in [1.807, 2.05) is 49.9 Å². The van der Waals surface area contributed by atoms with Crippen LogP contribution in [0.5, 0.6) is 0 Å². The first-order valence-electron chi connectivity index (χ1n) is 9.11. The Hall–Kier alpha value is -2.41. The van der Waals surface area contributed by atoms with E-state index in [1.165, 1.54) is 0 Å². The van der Waals surface area contributed by atoms with E-state index in [0.29, 0.717) is 18.7 Å². The number of hydrogen-bond acceptors (Lipinski definition) is 5. The lowest BCUT2D eigenvalue weighted by molar-refractivity contribution is 0.102. The molecule has 7 heteroatoms. The molecule has 0 aliphatic carbocycles. The van der Waals surface area contributed by atoms with Crippen molar-refractivity contribution >= 4 is 27.1 Å². The van der Waals surface area contributed by atoms with Crippen molar-refractivity contribution in [2.24, 2.45) is 0 Å². The number of amides is 1. The minimum Gasteiger partial charge on any atom is -0.367 e. The predicted molar refractivity (Wildman–Crippen MR) is 108 cm³/mol. The minimum atomic E-state index is -2.95. The van der Waals surface area contributed by atoms with Gasteiger partial charge in [0.25, 0.3) is 5.91 Å². The number of nitrogens with zero attached hydrogens (tertiary/aromatic N) is 2. The fraction of sp³-hybridized carbons (Fsp3) is 0.400. The number of aryl methyl sites for hydroxylation is 1. The van der Waals surface area contributed by atoms with Crippen LogP contribution in [0.15, 0.2) is 36.5 Å². The molecule has 1 fully saturated rings. The number of sulfone groups is 1. The summed E-state index contributed by atoms with van der Waals surface area (Å²) < 4.78 is 23.5. The molecule has 27 heavy (non-hydrogen) atoms. The van der Waals surface area contributed by atoms with Crippen LogP contribution in [0.4, 0.5) is 11.4 Å². The number of benzene rings is 1. The Morgan fingerprint density at radius 2 is 2.04 bits per heavy atom.